The third-order valence-electron chi connectivity index (χ3n) is 5.78. The largest absolute Gasteiger partial charge is 0.495 e. The zero-order valence-electron chi connectivity index (χ0n) is 18.9. The third-order valence-corrected chi connectivity index (χ3v) is 7.99. The molecule has 3 rings (SSSR count). The fourth-order valence-corrected chi connectivity index (χ4v) is 5.68. The summed E-state index contributed by atoms with van der Waals surface area (Å²) >= 11 is 5.98. The first kappa shape index (κ1) is 26.3. The molecule has 0 radical (unpaired) electrons. The Morgan fingerprint density at radius 3 is 2.53 bits per heavy atom. The van der Waals surface area contributed by atoms with Crippen molar-refractivity contribution in [3.63, 3.8) is 0 Å². The number of rotatable bonds is 6. The van der Waals surface area contributed by atoms with Crippen LogP contribution in [0.3, 0.4) is 0 Å². The number of alkyl halides is 3. The molecule has 1 aliphatic rings. The molecule has 1 fully saturated rings. The van der Waals surface area contributed by atoms with Gasteiger partial charge in [0.1, 0.15) is 10.6 Å². The van der Waals surface area contributed by atoms with Gasteiger partial charge >= 0.3 is 6.18 Å². The molecule has 186 valence electrons. The van der Waals surface area contributed by atoms with E-state index in [2.05, 4.69) is 5.32 Å². The average Bonchev–Trinajstić information content (AvgIpc) is 2.79. The molecule has 2 aromatic rings. The highest BCUT2D eigenvalue weighted by molar-refractivity contribution is 7.89. The Balaban J connectivity index is 1.83. The van der Waals surface area contributed by atoms with Crippen LogP contribution < -0.4 is 10.1 Å². The van der Waals surface area contributed by atoms with E-state index in [-0.39, 0.29) is 40.4 Å². The predicted molar refractivity (Wildman–Crippen MR) is 124 cm³/mol. The number of piperidine rings is 1. The minimum absolute atomic E-state index is 0.0168. The summed E-state index contributed by atoms with van der Waals surface area (Å²) in [6.45, 7) is 3.99. The summed E-state index contributed by atoms with van der Waals surface area (Å²) in [7, 11) is -2.60. The number of carbonyl (C=O) groups is 1. The number of nitrogens with one attached hydrogen (secondary N) is 1. The molecular weight excluding hydrogens is 493 g/mol. The van der Waals surface area contributed by atoms with E-state index in [4.69, 9.17) is 16.3 Å². The van der Waals surface area contributed by atoms with Crippen molar-refractivity contribution in [2.24, 2.45) is 5.92 Å². The molecule has 0 saturated carbocycles. The smallest absolute Gasteiger partial charge is 0.416 e. The van der Waals surface area contributed by atoms with E-state index in [0.29, 0.717) is 12.8 Å². The number of sulfonamides is 1. The summed E-state index contributed by atoms with van der Waals surface area (Å²) in [4.78, 5) is 12.9. The zero-order chi connectivity index (χ0) is 25.3. The number of carbonyl (C=O) groups excluding carboxylic acids is 1. The van der Waals surface area contributed by atoms with Crippen molar-refractivity contribution in [2.45, 2.75) is 43.7 Å². The van der Waals surface area contributed by atoms with Gasteiger partial charge in [-0.25, -0.2) is 8.42 Å². The minimum atomic E-state index is -4.59. The Morgan fingerprint density at radius 1 is 1.21 bits per heavy atom. The second-order valence-electron chi connectivity index (χ2n) is 8.45. The number of methoxy groups -OCH3 is 1. The zero-order valence-corrected chi connectivity index (χ0v) is 20.5. The molecule has 0 unspecified atom stereocenters. The molecule has 1 saturated heterocycles. The van der Waals surface area contributed by atoms with Crippen LogP contribution in [0.5, 0.6) is 5.75 Å². The number of nitrogens with zero attached hydrogens (tertiary/aromatic N) is 1. The normalized spacial score (nSPS) is 17.6. The second kappa shape index (κ2) is 10.1. The molecule has 0 spiro atoms. The SMILES string of the molecule is COc1ccc(C(C)C)cc1S(=O)(=O)N1CCC[C@@H](C(=O)Nc2cc(C(F)(F)F)ccc2Cl)C1. The number of anilines is 1. The summed E-state index contributed by atoms with van der Waals surface area (Å²) in [5.74, 6) is -1.05. The molecule has 34 heavy (non-hydrogen) atoms. The van der Waals surface area contributed by atoms with E-state index >= 15 is 0 Å². The Morgan fingerprint density at radius 2 is 1.91 bits per heavy atom. The van der Waals surface area contributed by atoms with Crippen LogP contribution >= 0.6 is 11.6 Å². The highest BCUT2D eigenvalue weighted by Crippen LogP contribution is 2.35. The van der Waals surface area contributed by atoms with Gasteiger partial charge in [0.05, 0.1) is 29.3 Å². The predicted octanol–water partition coefficient (Wildman–Crippen LogP) is 5.53. The van der Waals surface area contributed by atoms with Crippen LogP contribution in [0.4, 0.5) is 18.9 Å². The maximum absolute atomic E-state index is 13.4. The van der Waals surface area contributed by atoms with Crippen LogP contribution in [0.15, 0.2) is 41.3 Å². The van der Waals surface area contributed by atoms with E-state index in [0.717, 1.165) is 23.8 Å². The van der Waals surface area contributed by atoms with E-state index in [1.807, 2.05) is 13.8 Å². The first-order chi connectivity index (χ1) is 15.8. The van der Waals surface area contributed by atoms with Gasteiger partial charge in [-0.05, 0) is 54.7 Å². The van der Waals surface area contributed by atoms with Gasteiger partial charge in [0, 0.05) is 13.1 Å². The summed E-state index contributed by atoms with van der Waals surface area (Å²) < 4.78 is 72.5. The molecule has 2 aromatic carbocycles. The standard InChI is InChI=1S/C23H26ClF3N2O4S/c1-14(2)15-6-9-20(33-3)21(11-15)34(31,32)29-10-4-5-16(13-29)22(30)28-19-12-17(23(25,26)27)7-8-18(19)24/h6-9,11-12,14,16H,4-5,10,13H2,1-3H3,(H,28,30)/t16-/m1/s1. The highest BCUT2D eigenvalue weighted by Gasteiger charge is 2.36. The molecule has 11 heteroatoms. The van der Waals surface area contributed by atoms with Crippen LogP contribution in [-0.4, -0.2) is 38.8 Å². The quantitative estimate of drug-likeness (QED) is 0.545. The number of amides is 1. The van der Waals surface area contributed by atoms with Crippen molar-refractivity contribution in [3.8, 4) is 5.75 Å². The molecule has 0 aliphatic carbocycles. The lowest BCUT2D eigenvalue weighted by atomic mass is 9.98. The molecule has 1 N–H and O–H groups in total. The van der Waals surface area contributed by atoms with Crippen LogP contribution in [-0.2, 0) is 21.0 Å². The summed E-state index contributed by atoms with van der Waals surface area (Å²) in [6, 6.07) is 7.63. The Bertz CT molecular complexity index is 1170. The maximum Gasteiger partial charge on any atom is 0.416 e. The van der Waals surface area contributed by atoms with Crippen molar-refractivity contribution >= 4 is 33.2 Å². The molecular formula is C23H26ClF3N2O4S. The molecule has 0 bridgehead atoms. The van der Waals surface area contributed by atoms with Gasteiger partial charge in [-0.2, -0.15) is 17.5 Å². The molecule has 1 heterocycles. The summed E-state index contributed by atoms with van der Waals surface area (Å²) in [5.41, 5.74) is -0.296. The Kier molecular flexibility index (Phi) is 7.84. The number of hydrogen-bond acceptors (Lipinski definition) is 4. The third kappa shape index (κ3) is 5.67. The van der Waals surface area contributed by atoms with Crippen LogP contribution in [0.25, 0.3) is 0 Å². The van der Waals surface area contributed by atoms with Gasteiger partial charge in [-0.15, -0.1) is 0 Å². The van der Waals surface area contributed by atoms with Gasteiger partial charge < -0.3 is 10.1 Å². The maximum atomic E-state index is 13.4. The van der Waals surface area contributed by atoms with Gasteiger partial charge in [0.2, 0.25) is 15.9 Å². The van der Waals surface area contributed by atoms with E-state index in [1.54, 1.807) is 18.2 Å². The monoisotopic (exact) mass is 518 g/mol. The van der Waals surface area contributed by atoms with Crippen molar-refractivity contribution < 1.29 is 31.1 Å². The number of hydrogen-bond donors (Lipinski definition) is 1. The van der Waals surface area contributed by atoms with Crippen LogP contribution in [0.2, 0.25) is 5.02 Å². The van der Waals surface area contributed by atoms with E-state index < -0.39 is 33.6 Å². The first-order valence-electron chi connectivity index (χ1n) is 10.7. The van der Waals surface area contributed by atoms with Gasteiger partial charge in [-0.1, -0.05) is 31.5 Å². The van der Waals surface area contributed by atoms with Crippen molar-refractivity contribution in [1.29, 1.82) is 0 Å². The minimum Gasteiger partial charge on any atom is -0.495 e. The second-order valence-corrected chi connectivity index (χ2v) is 10.8. The van der Waals surface area contributed by atoms with Gasteiger partial charge in [0.25, 0.3) is 0 Å². The highest BCUT2D eigenvalue weighted by atomic mass is 35.5. The average molecular weight is 519 g/mol. The molecule has 0 aromatic heterocycles. The Hall–Kier alpha value is -2.30. The van der Waals surface area contributed by atoms with Crippen molar-refractivity contribution in [2.75, 3.05) is 25.5 Å². The van der Waals surface area contributed by atoms with Crippen molar-refractivity contribution in [1.82, 2.24) is 4.31 Å². The summed E-state index contributed by atoms with van der Waals surface area (Å²) in [6.07, 6.45) is -3.79. The first-order valence-corrected chi connectivity index (χ1v) is 12.5. The lowest BCUT2D eigenvalue weighted by Crippen LogP contribution is -2.43. The molecule has 1 aliphatic heterocycles. The Labute approximate surface area is 202 Å². The molecule has 1 amide bonds. The summed E-state index contributed by atoms with van der Waals surface area (Å²) in [5, 5.41) is 2.39. The van der Waals surface area contributed by atoms with E-state index in [1.165, 1.54) is 11.4 Å². The van der Waals surface area contributed by atoms with E-state index in [9.17, 15) is 26.4 Å². The number of ether oxygens (including phenoxy) is 1. The van der Waals surface area contributed by atoms with Crippen LogP contribution in [0.1, 0.15) is 43.7 Å². The van der Waals surface area contributed by atoms with Gasteiger partial charge in [-0.3, -0.25) is 4.79 Å². The van der Waals surface area contributed by atoms with Gasteiger partial charge in [0.15, 0.2) is 0 Å². The number of halogens is 4. The lowest BCUT2D eigenvalue weighted by molar-refractivity contribution is -0.137. The topological polar surface area (TPSA) is 75.7 Å². The van der Waals surface area contributed by atoms with Crippen molar-refractivity contribution in [3.05, 3.63) is 52.5 Å². The molecule has 6 nitrogen and oxygen atoms in total. The number of benzene rings is 2. The fraction of sp³-hybridized carbons (Fsp3) is 0.435. The lowest BCUT2D eigenvalue weighted by Gasteiger charge is -2.31. The fourth-order valence-electron chi connectivity index (χ4n) is 3.80. The molecule has 1 atom stereocenters. The van der Waals surface area contributed by atoms with Crippen LogP contribution in [0, 0.1) is 5.92 Å².